The number of aliphatic hydroxyl groups excluding tert-OH is 1. The van der Waals surface area contributed by atoms with Crippen LogP contribution in [0.2, 0.25) is 0 Å². The Labute approximate surface area is 173 Å². The maximum atomic E-state index is 12.6. The van der Waals surface area contributed by atoms with Gasteiger partial charge >= 0.3 is 18.1 Å². The zero-order valence-electron chi connectivity index (χ0n) is 16.4. The van der Waals surface area contributed by atoms with Crippen molar-refractivity contribution in [2.24, 2.45) is 17.6 Å². The molecule has 0 aliphatic carbocycles. The molecule has 29 heavy (non-hydrogen) atoms. The van der Waals surface area contributed by atoms with E-state index in [1.807, 2.05) is 6.92 Å². The highest BCUT2D eigenvalue weighted by Gasteiger charge is 2.74. The number of carbonyl (C=O) groups excluding carboxylic acids is 2. The summed E-state index contributed by atoms with van der Waals surface area (Å²) in [6.45, 7) is 5.05. The van der Waals surface area contributed by atoms with Gasteiger partial charge in [-0.1, -0.05) is 6.92 Å². The van der Waals surface area contributed by atoms with E-state index in [2.05, 4.69) is 10.1 Å². The lowest BCUT2D eigenvalue weighted by molar-refractivity contribution is -0.797. The van der Waals surface area contributed by atoms with Gasteiger partial charge in [-0.25, -0.2) is 9.59 Å². The van der Waals surface area contributed by atoms with Gasteiger partial charge in [-0.2, -0.15) is 4.79 Å². The number of nitrogens with one attached hydrogen (secondary N) is 1. The summed E-state index contributed by atoms with van der Waals surface area (Å²) in [5, 5.41) is 23.3. The molecule has 3 aliphatic heterocycles. The van der Waals surface area contributed by atoms with Gasteiger partial charge in [0.1, 0.15) is 18.8 Å². The van der Waals surface area contributed by atoms with Gasteiger partial charge in [-0.05, 0) is 13.3 Å². The number of rotatable bonds is 8. The summed E-state index contributed by atoms with van der Waals surface area (Å²) < 4.78 is 9.38. The van der Waals surface area contributed by atoms with E-state index in [-0.39, 0.29) is 30.4 Å². The summed E-state index contributed by atoms with van der Waals surface area (Å²) in [5.74, 6) is -1.22. The average Bonchev–Trinajstić information content (AvgIpc) is 3.17. The smallest absolute Gasteiger partial charge is 0.447 e. The Morgan fingerprint density at radius 1 is 1.45 bits per heavy atom. The molecule has 2 saturated heterocycles. The standard InChI is InChI=1S/C18H27N3O7S/c1-9-13(7-21(18(25)26)15(9)14(10(2)22)16(21)23)29-12-5-11(20-6-12)8-27-3-4-28-17(19)24/h7,9-12,14-15,20,22H,3-6,8H2,1-2H3,(H2-,19,24,25,26)/p+1/t9-,10+,11-,12-,14+,15+,21?/m0/s1. The summed E-state index contributed by atoms with van der Waals surface area (Å²) in [5.41, 5.74) is 4.88. The summed E-state index contributed by atoms with van der Waals surface area (Å²) in [6, 6.07) is -0.314. The van der Waals surface area contributed by atoms with Crippen molar-refractivity contribution in [1.82, 2.24) is 5.32 Å². The first kappa shape index (κ1) is 22.0. The molecule has 0 radical (unpaired) electrons. The molecule has 7 atom stereocenters. The second-order valence-corrected chi connectivity index (χ2v) is 9.17. The third-order valence-corrected chi connectivity index (χ3v) is 7.33. The number of hydrogen-bond acceptors (Lipinski definition) is 8. The molecule has 0 aromatic rings. The third kappa shape index (κ3) is 4.02. The third-order valence-electron chi connectivity index (χ3n) is 5.89. The Kier molecular flexibility index (Phi) is 6.54. The predicted molar refractivity (Wildman–Crippen MR) is 104 cm³/mol. The Bertz CT molecular complexity index is 716. The van der Waals surface area contributed by atoms with Crippen molar-refractivity contribution in [1.29, 1.82) is 0 Å². The average molecular weight is 431 g/mol. The topological polar surface area (TPSA) is 148 Å². The fourth-order valence-corrected chi connectivity index (χ4v) is 6.01. The van der Waals surface area contributed by atoms with Crippen molar-refractivity contribution >= 4 is 29.9 Å². The van der Waals surface area contributed by atoms with Gasteiger partial charge in [-0.15, -0.1) is 16.2 Å². The number of carbonyl (C=O) groups is 3. The fraction of sp³-hybridized carbons (Fsp3) is 0.722. The molecule has 0 bridgehead atoms. The van der Waals surface area contributed by atoms with E-state index < -0.39 is 40.6 Å². The molecule has 162 valence electrons. The van der Waals surface area contributed by atoms with Crippen LogP contribution in [0.3, 0.4) is 0 Å². The number of fused-ring (bicyclic) bond motifs is 1. The largest absolute Gasteiger partial charge is 0.526 e. The highest BCUT2D eigenvalue weighted by molar-refractivity contribution is 8.03. The van der Waals surface area contributed by atoms with Gasteiger partial charge in [0.15, 0.2) is 5.92 Å². The highest BCUT2D eigenvalue weighted by Crippen LogP contribution is 2.53. The SMILES string of the molecule is C[C@@H](O)[C@H]1C(=O)[N+]2(C(=O)O)C=C(S[C@@H]3CN[C@H](COCCOC(N)=O)C3)[C@H](C)[C@H]12. The van der Waals surface area contributed by atoms with Crippen LogP contribution in [0.25, 0.3) is 0 Å². The lowest BCUT2D eigenvalue weighted by atomic mass is 9.77. The summed E-state index contributed by atoms with van der Waals surface area (Å²) in [6.07, 6.45) is -0.489. The van der Waals surface area contributed by atoms with Crippen molar-refractivity contribution in [3.8, 4) is 0 Å². The Morgan fingerprint density at radius 2 is 2.17 bits per heavy atom. The summed E-state index contributed by atoms with van der Waals surface area (Å²) in [4.78, 5) is 35.8. The van der Waals surface area contributed by atoms with Crippen LogP contribution in [0, 0.1) is 11.8 Å². The normalized spacial score (nSPS) is 36.9. The van der Waals surface area contributed by atoms with Crippen LogP contribution in [-0.4, -0.2) is 82.6 Å². The van der Waals surface area contributed by atoms with E-state index in [1.54, 1.807) is 18.0 Å². The van der Waals surface area contributed by atoms with Crippen LogP contribution in [0.1, 0.15) is 20.3 Å². The number of quaternary nitrogens is 1. The molecule has 10 nitrogen and oxygen atoms in total. The Balaban J connectivity index is 1.55. The molecular weight excluding hydrogens is 402 g/mol. The van der Waals surface area contributed by atoms with Gasteiger partial charge in [-0.3, -0.25) is 0 Å². The molecule has 11 heteroatoms. The van der Waals surface area contributed by atoms with E-state index in [1.165, 1.54) is 6.92 Å². The minimum Gasteiger partial charge on any atom is -0.447 e. The number of imide groups is 1. The summed E-state index contributed by atoms with van der Waals surface area (Å²) >= 11 is 1.60. The van der Waals surface area contributed by atoms with Gasteiger partial charge < -0.3 is 30.7 Å². The van der Waals surface area contributed by atoms with Crippen molar-refractivity contribution in [3.63, 3.8) is 0 Å². The van der Waals surface area contributed by atoms with E-state index in [0.717, 1.165) is 17.9 Å². The van der Waals surface area contributed by atoms with E-state index in [0.29, 0.717) is 6.61 Å². The Morgan fingerprint density at radius 3 is 2.79 bits per heavy atom. The molecule has 3 heterocycles. The second kappa shape index (κ2) is 8.60. The van der Waals surface area contributed by atoms with Crippen LogP contribution in [0.15, 0.2) is 11.1 Å². The molecule has 0 aromatic heterocycles. The number of nitrogens with two attached hydrogens (primary N) is 1. The number of primary amides is 1. The van der Waals surface area contributed by atoms with Crippen molar-refractivity contribution in [3.05, 3.63) is 11.1 Å². The lowest BCUT2D eigenvalue weighted by Gasteiger charge is -2.46. The van der Waals surface area contributed by atoms with Gasteiger partial charge in [0.2, 0.25) is 0 Å². The number of thioether (sulfide) groups is 1. The first-order chi connectivity index (χ1) is 13.7. The monoisotopic (exact) mass is 430 g/mol. The lowest BCUT2D eigenvalue weighted by Crippen LogP contribution is -2.75. The number of ether oxygens (including phenoxy) is 2. The first-order valence-electron chi connectivity index (χ1n) is 9.65. The van der Waals surface area contributed by atoms with E-state index in [9.17, 15) is 24.6 Å². The molecular formula is C18H28N3O7S+. The molecule has 5 N–H and O–H groups in total. The molecule has 0 spiro atoms. The van der Waals surface area contributed by atoms with Gasteiger partial charge in [0.05, 0.1) is 19.3 Å². The van der Waals surface area contributed by atoms with Gasteiger partial charge in [0.25, 0.3) is 0 Å². The van der Waals surface area contributed by atoms with Crippen molar-refractivity contribution in [2.75, 3.05) is 26.4 Å². The zero-order chi connectivity index (χ0) is 21.3. The number of hydrogen-bond donors (Lipinski definition) is 4. The molecule has 2 fully saturated rings. The van der Waals surface area contributed by atoms with Crippen LogP contribution in [0.4, 0.5) is 9.59 Å². The van der Waals surface area contributed by atoms with Crippen LogP contribution < -0.4 is 11.1 Å². The number of aliphatic hydroxyl groups is 1. The van der Waals surface area contributed by atoms with E-state index in [4.69, 9.17) is 10.5 Å². The highest BCUT2D eigenvalue weighted by atomic mass is 32.2. The number of carboxylic acid groups (broad SMARTS) is 1. The predicted octanol–water partition coefficient (Wildman–Crippen LogP) is 0.454. The quantitative estimate of drug-likeness (QED) is 0.245. The van der Waals surface area contributed by atoms with Gasteiger partial charge in [0, 0.05) is 28.7 Å². The molecule has 3 rings (SSSR count). The minimum absolute atomic E-state index is 0.111. The van der Waals surface area contributed by atoms with Crippen LogP contribution in [-0.2, 0) is 14.3 Å². The van der Waals surface area contributed by atoms with E-state index >= 15 is 0 Å². The van der Waals surface area contributed by atoms with Crippen LogP contribution in [0.5, 0.6) is 0 Å². The minimum atomic E-state index is -1.19. The second-order valence-electron chi connectivity index (χ2n) is 7.80. The first-order valence-corrected chi connectivity index (χ1v) is 10.5. The molecule has 3 aliphatic rings. The molecule has 0 saturated carbocycles. The van der Waals surface area contributed by atoms with Crippen molar-refractivity contribution < 1.29 is 38.6 Å². The summed E-state index contributed by atoms with van der Waals surface area (Å²) in [7, 11) is 0. The number of nitrogens with zero attached hydrogens (tertiary/aromatic N) is 1. The fourth-order valence-electron chi connectivity index (χ4n) is 4.54. The number of β-lactam (4-membered cyclic amide) rings is 1. The zero-order valence-corrected chi connectivity index (χ0v) is 17.3. The Hall–Kier alpha value is -1.66. The van der Waals surface area contributed by atoms with Crippen molar-refractivity contribution in [2.45, 2.75) is 43.7 Å². The molecule has 1 unspecified atom stereocenters. The molecule has 3 amide bonds. The van der Waals surface area contributed by atoms with Crippen LogP contribution >= 0.6 is 11.8 Å². The maximum Gasteiger partial charge on any atom is 0.526 e. The molecule has 0 aromatic carbocycles. The maximum absolute atomic E-state index is 12.6. The number of amides is 3.